The molecule has 86 valence electrons. The molecule has 0 atom stereocenters. The fraction of sp³-hybridized carbons (Fsp3) is 0.167. The molecule has 17 heavy (non-hydrogen) atoms. The SMILES string of the molecule is O=C(O)N1Cc2[nH]nc(-c3ccccc3)c2C1. The number of hydrogen-bond acceptors (Lipinski definition) is 2. The molecule has 1 amide bonds. The van der Waals surface area contributed by atoms with Crippen LogP contribution in [0.15, 0.2) is 30.3 Å². The number of carboxylic acid groups (broad SMARTS) is 1. The summed E-state index contributed by atoms with van der Waals surface area (Å²) in [5, 5.41) is 16.1. The number of nitrogens with zero attached hydrogens (tertiary/aromatic N) is 2. The predicted octanol–water partition coefficient (Wildman–Crippen LogP) is 2.07. The van der Waals surface area contributed by atoms with Gasteiger partial charge in [-0.05, 0) is 0 Å². The first-order valence-electron chi connectivity index (χ1n) is 5.35. The van der Waals surface area contributed by atoms with Crippen LogP contribution in [-0.4, -0.2) is 26.3 Å². The number of fused-ring (bicyclic) bond motifs is 1. The standard InChI is InChI=1S/C12H11N3O2/c16-12(17)15-6-9-10(7-15)13-14-11(9)8-4-2-1-3-5-8/h1-5H,6-7H2,(H,13,14)(H,16,17). The third-order valence-corrected chi connectivity index (χ3v) is 2.97. The molecular weight excluding hydrogens is 218 g/mol. The Balaban J connectivity index is 1.99. The number of amides is 1. The minimum atomic E-state index is -0.895. The summed E-state index contributed by atoms with van der Waals surface area (Å²) in [5.74, 6) is 0. The first-order chi connectivity index (χ1) is 8.25. The molecule has 1 aliphatic heterocycles. The van der Waals surface area contributed by atoms with E-state index in [1.165, 1.54) is 4.90 Å². The van der Waals surface area contributed by atoms with Crippen molar-refractivity contribution in [1.29, 1.82) is 0 Å². The second kappa shape index (κ2) is 3.62. The Kier molecular flexibility index (Phi) is 2.11. The number of carbonyl (C=O) groups is 1. The van der Waals surface area contributed by atoms with E-state index in [-0.39, 0.29) is 0 Å². The Morgan fingerprint density at radius 2 is 2.06 bits per heavy atom. The molecule has 0 aliphatic carbocycles. The molecule has 0 saturated carbocycles. The number of hydrogen-bond donors (Lipinski definition) is 2. The van der Waals surface area contributed by atoms with Gasteiger partial charge in [0.15, 0.2) is 0 Å². The van der Waals surface area contributed by atoms with Crippen LogP contribution in [0, 0.1) is 0 Å². The lowest BCUT2D eigenvalue weighted by atomic mass is 10.1. The highest BCUT2D eigenvalue weighted by molar-refractivity contribution is 5.70. The topological polar surface area (TPSA) is 69.2 Å². The smallest absolute Gasteiger partial charge is 0.407 e. The Morgan fingerprint density at radius 1 is 1.29 bits per heavy atom. The Hall–Kier alpha value is -2.30. The summed E-state index contributed by atoms with van der Waals surface area (Å²) in [7, 11) is 0. The summed E-state index contributed by atoms with van der Waals surface area (Å²) in [6.45, 7) is 0.801. The summed E-state index contributed by atoms with van der Waals surface area (Å²) >= 11 is 0. The molecule has 3 rings (SSSR count). The molecule has 0 unspecified atom stereocenters. The van der Waals surface area contributed by atoms with Crippen LogP contribution in [0.4, 0.5) is 4.79 Å². The second-order valence-electron chi connectivity index (χ2n) is 4.03. The van der Waals surface area contributed by atoms with Gasteiger partial charge >= 0.3 is 6.09 Å². The first kappa shape index (κ1) is 9.89. The molecule has 2 N–H and O–H groups in total. The van der Waals surface area contributed by atoms with Gasteiger partial charge in [-0.25, -0.2) is 4.79 Å². The van der Waals surface area contributed by atoms with Gasteiger partial charge in [-0.15, -0.1) is 0 Å². The van der Waals surface area contributed by atoms with Crippen molar-refractivity contribution in [3.63, 3.8) is 0 Å². The lowest BCUT2D eigenvalue weighted by molar-refractivity contribution is 0.144. The van der Waals surface area contributed by atoms with Gasteiger partial charge in [0.2, 0.25) is 0 Å². The van der Waals surface area contributed by atoms with Crippen LogP contribution in [0.2, 0.25) is 0 Å². The maximum Gasteiger partial charge on any atom is 0.407 e. The molecule has 1 aromatic heterocycles. The van der Waals surface area contributed by atoms with Gasteiger partial charge in [-0.1, -0.05) is 30.3 Å². The third kappa shape index (κ3) is 1.56. The average molecular weight is 229 g/mol. The lowest BCUT2D eigenvalue weighted by Gasteiger charge is -2.09. The minimum absolute atomic E-state index is 0.393. The molecule has 0 radical (unpaired) electrons. The van der Waals surface area contributed by atoms with Crippen LogP contribution in [0.3, 0.4) is 0 Å². The monoisotopic (exact) mass is 229 g/mol. The van der Waals surface area contributed by atoms with Crippen molar-refractivity contribution in [1.82, 2.24) is 15.1 Å². The molecule has 0 bridgehead atoms. The van der Waals surface area contributed by atoms with E-state index in [4.69, 9.17) is 5.11 Å². The van der Waals surface area contributed by atoms with Crippen molar-refractivity contribution in [2.24, 2.45) is 0 Å². The zero-order chi connectivity index (χ0) is 11.8. The average Bonchev–Trinajstić information content (AvgIpc) is 2.89. The van der Waals surface area contributed by atoms with E-state index < -0.39 is 6.09 Å². The fourth-order valence-electron chi connectivity index (χ4n) is 2.11. The second-order valence-corrected chi connectivity index (χ2v) is 4.03. The molecule has 2 aromatic rings. The van der Waals surface area contributed by atoms with Crippen molar-refractivity contribution in [3.05, 3.63) is 41.6 Å². The molecule has 2 heterocycles. The quantitative estimate of drug-likeness (QED) is 0.786. The van der Waals surface area contributed by atoms with Gasteiger partial charge in [-0.3, -0.25) is 10.00 Å². The van der Waals surface area contributed by atoms with Gasteiger partial charge in [0.1, 0.15) is 0 Å². The lowest BCUT2D eigenvalue weighted by Crippen LogP contribution is -2.23. The zero-order valence-electron chi connectivity index (χ0n) is 9.05. The number of nitrogens with one attached hydrogen (secondary N) is 1. The fourth-order valence-corrected chi connectivity index (χ4v) is 2.11. The molecule has 0 fully saturated rings. The van der Waals surface area contributed by atoms with Crippen LogP contribution in [0.25, 0.3) is 11.3 Å². The van der Waals surface area contributed by atoms with Crippen molar-refractivity contribution >= 4 is 6.09 Å². The zero-order valence-corrected chi connectivity index (χ0v) is 9.05. The van der Waals surface area contributed by atoms with Crippen LogP contribution >= 0.6 is 0 Å². The summed E-state index contributed by atoms with van der Waals surface area (Å²) < 4.78 is 0. The highest BCUT2D eigenvalue weighted by atomic mass is 16.4. The van der Waals surface area contributed by atoms with Crippen LogP contribution < -0.4 is 0 Å². The summed E-state index contributed by atoms with van der Waals surface area (Å²) in [6, 6.07) is 9.78. The molecule has 0 spiro atoms. The molecule has 1 aliphatic rings. The van der Waals surface area contributed by atoms with Crippen LogP contribution in [-0.2, 0) is 13.1 Å². The van der Waals surface area contributed by atoms with Crippen molar-refractivity contribution in [2.75, 3.05) is 0 Å². The van der Waals surface area contributed by atoms with Gasteiger partial charge in [0.25, 0.3) is 0 Å². The number of aromatic amines is 1. The number of rotatable bonds is 1. The highest BCUT2D eigenvalue weighted by Crippen LogP contribution is 2.30. The third-order valence-electron chi connectivity index (χ3n) is 2.97. The molecule has 5 nitrogen and oxygen atoms in total. The minimum Gasteiger partial charge on any atom is -0.465 e. The molecule has 5 heteroatoms. The number of aromatic nitrogens is 2. The van der Waals surface area contributed by atoms with Crippen LogP contribution in [0.5, 0.6) is 0 Å². The van der Waals surface area contributed by atoms with Crippen molar-refractivity contribution in [2.45, 2.75) is 13.1 Å². The highest BCUT2D eigenvalue weighted by Gasteiger charge is 2.28. The van der Waals surface area contributed by atoms with E-state index in [9.17, 15) is 4.79 Å². The van der Waals surface area contributed by atoms with Crippen LogP contribution in [0.1, 0.15) is 11.3 Å². The van der Waals surface area contributed by atoms with E-state index in [2.05, 4.69) is 10.2 Å². The predicted molar refractivity (Wildman–Crippen MR) is 61.3 cm³/mol. The molecular formula is C12H11N3O2. The Morgan fingerprint density at radius 3 is 2.76 bits per heavy atom. The first-order valence-corrected chi connectivity index (χ1v) is 5.35. The van der Waals surface area contributed by atoms with Gasteiger partial charge in [0.05, 0.1) is 24.5 Å². The van der Waals surface area contributed by atoms with Gasteiger partial charge < -0.3 is 5.11 Å². The molecule has 0 saturated heterocycles. The van der Waals surface area contributed by atoms with E-state index in [0.29, 0.717) is 13.1 Å². The van der Waals surface area contributed by atoms with E-state index in [1.807, 2.05) is 30.3 Å². The number of benzene rings is 1. The summed E-state index contributed by atoms with van der Waals surface area (Å²) in [4.78, 5) is 12.3. The number of H-pyrrole nitrogens is 1. The maximum absolute atomic E-state index is 10.9. The van der Waals surface area contributed by atoms with Crippen molar-refractivity contribution in [3.8, 4) is 11.3 Å². The van der Waals surface area contributed by atoms with E-state index in [0.717, 1.165) is 22.5 Å². The van der Waals surface area contributed by atoms with Gasteiger partial charge in [0, 0.05) is 11.1 Å². The van der Waals surface area contributed by atoms with Crippen molar-refractivity contribution < 1.29 is 9.90 Å². The Labute approximate surface area is 97.7 Å². The maximum atomic E-state index is 10.9. The van der Waals surface area contributed by atoms with Gasteiger partial charge in [-0.2, -0.15) is 5.10 Å². The summed E-state index contributed by atoms with van der Waals surface area (Å²) in [5.41, 5.74) is 3.74. The Bertz CT molecular complexity index is 562. The van der Waals surface area contributed by atoms with E-state index >= 15 is 0 Å². The normalized spacial score (nSPS) is 13.8. The van der Waals surface area contributed by atoms with E-state index in [1.54, 1.807) is 0 Å². The molecule has 1 aromatic carbocycles. The summed E-state index contributed by atoms with van der Waals surface area (Å²) in [6.07, 6.45) is -0.895. The largest absolute Gasteiger partial charge is 0.465 e.